The Hall–Kier alpha value is -2.14. The second-order valence-corrected chi connectivity index (χ2v) is 5.49. The third-order valence-electron chi connectivity index (χ3n) is 4.23. The number of piperidine rings is 1. The Morgan fingerprint density at radius 3 is 2.67 bits per heavy atom. The summed E-state index contributed by atoms with van der Waals surface area (Å²) >= 11 is 0. The number of aromatic amines is 1. The smallest absolute Gasteiger partial charge is 0.231 e. The first-order valence-electron chi connectivity index (χ1n) is 7.33. The van der Waals surface area contributed by atoms with Gasteiger partial charge < -0.3 is 10.6 Å². The van der Waals surface area contributed by atoms with Crippen molar-refractivity contribution in [1.29, 1.82) is 0 Å². The molecule has 1 aliphatic rings. The summed E-state index contributed by atoms with van der Waals surface area (Å²) in [7, 11) is 0. The maximum atomic E-state index is 12.8. The molecule has 0 bridgehead atoms. The molecule has 2 heterocycles. The molecule has 1 aromatic heterocycles. The molecule has 2 aromatic rings. The number of hydrogen-bond acceptors (Lipinski definition) is 3. The molecular weight excluding hydrogens is 264 g/mol. The fourth-order valence-electron chi connectivity index (χ4n) is 2.98. The van der Waals surface area contributed by atoms with Crippen molar-refractivity contribution in [2.24, 2.45) is 0 Å². The lowest BCUT2D eigenvalue weighted by Gasteiger charge is -2.36. The number of nitrogens with one attached hydrogen (secondary N) is 3. The van der Waals surface area contributed by atoms with Crippen LogP contribution < -0.4 is 10.6 Å². The highest BCUT2D eigenvalue weighted by Gasteiger charge is 2.40. The molecule has 0 saturated carbocycles. The van der Waals surface area contributed by atoms with E-state index < -0.39 is 5.41 Å². The van der Waals surface area contributed by atoms with E-state index in [-0.39, 0.29) is 5.91 Å². The van der Waals surface area contributed by atoms with Gasteiger partial charge in [0.25, 0.3) is 0 Å². The Labute approximate surface area is 124 Å². The predicted molar refractivity (Wildman–Crippen MR) is 80.7 cm³/mol. The van der Waals surface area contributed by atoms with Gasteiger partial charge in [-0.25, -0.2) is 0 Å². The van der Waals surface area contributed by atoms with Crippen LogP contribution in [0.1, 0.15) is 24.0 Å². The molecule has 5 nitrogen and oxygen atoms in total. The first-order valence-corrected chi connectivity index (χ1v) is 7.33. The lowest BCUT2D eigenvalue weighted by Crippen LogP contribution is -2.50. The van der Waals surface area contributed by atoms with Gasteiger partial charge in [0.15, 0.2) is 0 Å². The molecule has 0 atom stereocenters. The molecule has 1 aromatic carbocycles. The first-order chi connectivity index (χ1) is 10.3. The van der Waals surface area contributed by atoms with Crippen LogP contribution >= 0.6 is 0 Å². The third kappa shape index (κ3) is 2.83. The highest BCUT2D eigenvalue weighted by atomic mass is 16.2. The highest BCUT2D eigenvalue weighted by Crippen LogP contribution is 2.33. The molecule has 0 unspecified atom stereocenters. The molecule has 0 radical (unpaired) electrons. The number of amides is 1. The highest BCUT2D eigenvalue weighted by molar-refractivity contribution is 5.88. The van der Waals surface area contributed by atoms with Gasteiger partial charge in [-0.1, -0.05) is 30.3 Å². The van der Waals surface area contributed by atoms with E-state index in [0.717, 1.165) is 37.1 Å². The lowest BCUT2D eigenvalue weighted by atomic mass is 9.72. The molecule has 3 rings (SSSR count). The van der Waals surface area contributed by atoms with Crippen LogP contribution in [0.5, 0.6) is 0 Å². The van der Waals surface area contributed by atoms with E-state index in [2.05, 4.69) is 33.0 Å². The summed E-state index contributed by atoms with van der Waals surface area (Å²) < 4.78 is 0. The SMILES string of the molecule is O=C(NCc1cn[nH]c1)C1(c2ccccc2)CCNCC1. The summed E-state index contributed by atoms with van der Waals surface area (Å²) in [5.41, 5.74) is 1.67. The summed E-state index contributed by atoms with van der Waals surface area (Å²) in [4.78, 5) is 12.8. The fraction of sp³-hybridized carbons (Fsp3) is 0.375. The van der Waals surface area contributed by atoms with Crippen LogP contribution in [-0.4, -0.2) is 29.2 Å². The normalized spacial score (nSPS) is 17.3. The molecule has 1 amide bonds. The van der Waals surface area contributed by atoms with Gasteiger partial charge in [0.1, 0.15) is 0 Å². The lowest BCUT2D eigenvalue weighted by molar-refractivity contribution is -0.128. The standard InChI is InChI=1S/C16H20N4O/c21-15(18-10-13-11-19-20-12-13)16(6-8-17-9-7-16)14-4-2-1-3-5-14/h1-5,11-12,17H,6-10H2,(H,18,21)(H,19,20). The van der Waals surface area contributed by atoms with Gasteiger partial charge in [-0.15, -0.1) is 0 Å². The van der Waals surface area contributed by atoms with Crippen LogP contribution in [0.15, 0.2) is 42.7 Å². The third-order valence-corrected chi connectivity index (χ3v) is 4.23. The van der Waals surface area contributed by atoms with Gasteiger partial charge in [0.05, 0.1) is 11.6 Å². The second kappa shape index (κ2) is 6.10. The quantitative estimate of drug-likeness (QED) is 0.793. The van der Waals surface area contributed by atoms with E-state index in [4.69, 9.17) is 0 Å². The van der Waals surface area contributed by atoms with Crippen LogP contribution in [-0.2, 0) is 16.8 Å². The fourth-order valence-corrected chi connectivity index (χ4v) is 2.98. The Morgan fingerprint density at radius 2 is 2.00 bits per heavy atom. The Morgan fingerprint density at radius 1 is 1.24 bits per heavy atom. The average molecular weight is 284 g/mol. The van der Waals surface area contributed by atoms with Gasteiger partial charge in [-0.2, -0.15) is 5.10 Å². The zero-order valence-corrected chi connectivity index (χ0v) is 11.9. The summed E-state index contributed by atoms with van der Waals surface area (Å²) in [6.45, 7) is 2.25. The second-order valence-electron chi connectivity index (χ2n) is 5.49. The van der Waals surface area contributed by atoms with Gasteiger partial charge in [-0.3, -0.25) is 9.89 Å². The average Bonchev–Trinajstić information content (AvgIpc) is 3.07. The number of hydrogen-bond donors (Lipinski definition) is 3. The van der Waals surface area contributed by atoms with E-state index in [1.165, 1.54) is 0 Å². The first kappa shape index (κ1) is 13.8. The molecule has 21 heavy (non-hydrogen) atoms. The van der Waals surface area contributed by atoms with Gasteiger partial charge in [0.2, 0.25) is 5.91 Å². The van der Waals surface area contributed by atoms with Crippen molar-refractivity contribution in [2.75, 3.05) is 13.1 Å². The van der Waals surface area contributed by atoms with Gasteiger partial charge in [-0.05, 0) is 31.5 Å². The van der Waals surface area contributed by atoms with Crippen molar-refractivity contribution in [2.45, 2.75) is 24.8 Å². The number of benzene rings is 1. The van der Waals surface area contributed by atoms with E-state index in [0.29, 0.717) is 6.54 Å². The number of aromatic nitrogens is 2. The Balaban J connectivity index is 1.80. The van der Waals surface area contributed by atoms with Crippen molar-refractivity contribution >= 4 is 5.91 Å². The molecule has 1 fully saturated rings. The molecule has 1 saturated heterocycles. The van der Waals surface area contributed by atoms with E-state index >= 15 is 0 Å². The number of carbonyl (C=O) groups is 1. The van der Waals surface area contributed by atoms with E-state index in [1.807, 2.05) is 18.2 Å². The van der Waals surface area contributed by atoms with Crippen LogP contribution in [0, 0.1) is 0 Å². The minimum Gasteiger partial charge on any atom is -0.351 e. The number of nitrogens with zero attached hydrogens (tertiary/aromatic N) is 1. The number of carbonyl (C=O) groups excluding carboxylic acids is 1. The topological polar surface area (TPSA) is 69.8 Å². The zero-order chi connectivity index (χ0) is 14.5. The molecule has 0 aliphatic carbocycles. The van der Waals surface area contributed by atoms with Crippen molar-refractivity contribution in [3.8, 4) is 0 Å². The molecule has 5 heteroatoms. The summed E-state index contributed by atoms with van der Waals surface area (Å²) in [5.74, 6) is 0.108. The molecule has 0 spiro atoms. The largest absolute Gasteiger partial charge is 0.351 e. The minimum atomic E-state index is -0.420. The maximum absolute atomic E-state index is 12.8. The van der Waals surface area contributed by atoms with Crippen molar-refractivity contribution in [1.82, 2.24) is 20.8 Å². The summed E-state index contributed by atoms with van der Waals surface area (Å²) in [5, 5.41) is 13.1. The van der Waals surface area contributed by atoms with Crippen molar-refractivity contribution < 1.29 is 4.79 Å². The summed E-state index contributed by atoms with van der Waals surface area (Å²) in [6.07, 6.45) is 5.19. The number of H-pyrrole nitrogens is 1. The van der Waals surface area contributed by atoms with Crippen molar-refractivity contribution in [3.05, 3.63) is 53.9 Å². The van der Waals surface area contributed by atoms with E-state index in [9.17, 15) is 4.79 Å². The van der Waals surface area contributed by atoms with Crippen LogP contribution in [0.3, 0.4) is 0 Å². The van der Waals surface area contributed by atoms with Gasteiger partial charge in [0, 0.05) is 18.3 Å². The Kier molecular flexibility index (Phi) is 4.01. The van der Waals surface area contributed by atoms with Crippen LogP contribution in [0.4, 0.5) is 0 Å². The molecule has 1 aliphatic heterocycles. The van der Waals surface area contributed by atoms with Crippen LogP contribution in [0.2, 0.25) is 0 Å². The Bertz CT molecular complexity index is 574. The van der Waals surface area contributed by atoms with Gasteiger partial charge >= 0.3 is 0 Å². The van der Waals surface area contributed by atoms with Crippen LogP contribution in [0.25, 0.3) is 0 Å². The maximum Gasteiger partial charge on any atom is 0.231 e. The summed E-state index contributed by atoms with van der Waals surface area (Å²) in [6, 6.07) is 10.1. The molecular formula is C16H20N4O. The van der Waals surface area contributed by atoms with E-state index in [1.54, 1.807) is 12.4 Å². The predicted octanol–water partition coefficient (Wildman–Crippen LogP) is 1.35. The monoisotopic (exact) mass is 284 g/mol. The molecule has 110 valence electrons. The van der Waals surface area contributed by atoms with Crippen molar-refractivity contribution in [3.63, 3.8) is 0 Å². The number of rotatable bonds is 4. The minimum absolute atomic E-state index is 0.108. The zero-order valence-electron chi connectivity index (χ0n) is 11.9. The molecule has 3 N–H and O–H groups in total.